The predicted molar refractivity (Wildman–Crippen MR) is 73.3 cm³/mol. The topological polar surface area (TPSA) is 35.2 Å². The van der Waals surface area contributed by atoms with E-state index in [0.29, 0.717) is 6.54 Å². The fourth-order valence-corrected chi connectivity index (χ4v) is 1.99. The van der Waals surface area contributed by atoms with E-state index in [4.69, 9.17) is 10.5 Å². The van der Waals surface area contributed by atoms with Crippen molar-refractivity contribution in [3.63, 3.8) is 0 Å². The molecule has 0 aliphatic rings. The molecular weight excluding hydrogens is 278 g/mol. The smallest absolute Gasteiger partial charge is 0.141 e. The van der Waals surface area contributed by atoms with E-state index < -0.39 is 0 Å². The van der Waals surface area contributed by atoms with Gasteiger partial charge in [0.25, 0.3) is 0 Å². The first kappa shape index (κ1) is 12.1. The highest BCUT2D eigenvalue weighted by Gasteiger charge is 2.03. The highest BCUT2D eigenvalue weighted by molar-refractivity contribution is 9.10. The zero-order valence-electron chi connectivity index (χ0n) is 9.61. The molecular formula is C14H14BrNO. The lowest BCUT2D eigenvalue weighted by Crippen LogP contribution is -1.96. The molecule has 17 heavy (non-hydrogen) atoms. The van der Waals surface area contributed by atoms with Gasteiger partial charge in [0.05, 0.1) is 4.47 Å². The zero-order chi connectivity index (χ0) is 12.3. The Morgan fingerprint density at radius 2 is 1.82 bits per heavy atom. The van der Waals surface area contributed by atoms with E-state index in [0.717, 1.165) is 21.5 Å². The van der Waals surface area contributed by atoms with Crippen molar-refractivity contribution in [2.45, 2.75) is 13.5 Å². The Bertz CT molecular complexity index is 508. The Balaban J connectivity index is 2.21. The minimum atomic E-state index is 0.531. The third kappa shape index (κ3) is 3.08. The third-order valence-corrected chi connectivity index (χ3v) is 3.10. The van der Waals surface area contributed by atoms with E-state index in [1.54, 1.807) is 0 Å². The number of ether oxygens (including phenoxy) is 1. The largest absolute Gasteiger partial charge is 0.456 e. The van der Waals surface area contributed by atoms with E-state index in [-0.39, 0.29) is 0 Å². The number of hydrogen-bond donors (Lipinski definition) is 1. The monoisotopic (exact) mass is 291 g/mol. The van der Waals surface area contributed by atoms with Gasteiger partial charge in [-0.25, -0.2) is 0 Å². The van der Waals surface area contributed by atoms with Gasteiger partial charge >= 0.3 is 0 Å². The molecule has 88 valence electrons. The molecule has 0 unspecified atom stereocenters. The van der Waals surface area contributed by atoms with Crippen molar-refractivity contribution in [3.05, 3.63) is 58.1 Å². The van der Waals surface area contributed by atoms with E-state index in [9.17, 15) is 0 Å². The van der Waals surface area contributed by atoms with Crippen LogP contribution in [0.5, 0.6) is 11.5 Å². The fourth-order valence-electron chi connectivity index (χ4n) is 1.49. The molecule has 2 rings (SSSR count). The van der Waals surface area contributed by atoms with E-state index in [2.05, 4.69) is 22.9 Å². The van der Waals surface area contributed by atoms with Crippen LogP contribution in [0.3, 0.4) is 0 Å². The van der Waals surface area contributed by atoms with E-state index in [1.165, 1.54) is 5.56 Å². The summed E-state index contributed by atoms with van der Waals surface area (Å²) in [7, 11) is 0. The van der Waals surface area contributed by atoms with Gasteiger partial charge in [-0.3, -0.25) is 0 Å². The van der Waals surface area contributed by atoms with Crippen LogP contribution in [-0.2, 0) is 6.54 Å². The van der Waals surface area contributed by atoms with Crippen LogP contribution in [-0.4, -0.2) is 0 Å². The summed E-state index contributed by atoms with van der Waals surface area (Å²) in [4.78, 5) is 0. The van der Waals surface area contributed by atoms with Crippen LogP contribution in [0.2, 0.25) is 0 Å². The molecule has 0 heterocycles. The van der Waals surface area contributed by atoms with Crippen LogP contribution in [0.25, 0.3) is 0 Å². The summed E-state index contributed by atoms with van der Waals surface area (Å²) >= 11 is 3.48. The van der Waals surface area contributed by atoms with E-state index in [1.807, 2.05) is 42.5 Å². The lowest BCUT2D eigenvalue weighted by Gasteiger charge is -2.09. The summed E-state index contributed by atoms with van der Waals surface area (Å²) in [6, 6.07) is 13.8. The maximum absolute atomic E-state index is 5.78. The molecule has 2 N–H and O–H groups in total. The molecule has 0 saturated carbocycles. The molecule has 0 aliphatic heterocycles. The zero-order valence-corrected chi connectivity index (χ0v) is 11.2. The second-order valence-corrected chi connectivity index (χ2v) is 4.74. The minimum absolute atomic E-state index is 0.531. The summed E-state index contributed by atoms with van der Waals surface area (Å²) in [5.74, 6) is 1.63. The summed E-state index contributed by atoms with van der Waals surface area (Å²) in [5.41, 5.74) is 7.87. The van der Waals surface area contributed by atoms with Gasteiger partial charge in [0, 0.05) is 6.54 Å². The van der Waals surface area contributed by atoms with Crippen LogP contribution in [0, 0.1) is 6.92 Å². The minimum Gasteiger partial charge on any atom is -0.456 e. The van der Waals surface area contributed by atoms with Gasteiger partial charge in [-0.15, -0.1) is 0 Å². The van der Waals surface area contributed by atoms with Gasteiger partial charge in [-0.05, 0) is 52.7 Å². The highest BCUT2D eigenvalue weighted by atomic mass is 79.9. The normalized spacial score (nSPS) is 10.3. The Labute approximate surface area is 110 Å². The SMILES string of the molecule is Cc1ccc(Oc2ccc(CN)cc2Br)cc1. The Morgan fingerprint density at radius 3 is 2.41 bits per heavy atom. The lowest BCUT2D eigenvalue weighted by molar-refractivity contribution is 0.479. The maximum atomic E-state index is 5.78. The molecule has 2 aromatic rings. The first-order valence-corrected chi connectivity index (χ1v) is 6.21. The molecule has 0 aromatic heterocycles. The number of benzene rings is 2. The van der Waals surface area contributed by atoms with Gasteiger partial charge in [0.1, 0.15) is 11.5 Å². The average Bonchev–Trinajstić information content (AvgIpc) is 2.34. The first-order chi connectivity index (χ1) is 8.19. The molecule has 0 bridgehead atoms. The molecule has 0 spiro atoms. The number of nitrogens with two attached hydrogens (primary N) is 1. The van der Waals surface area contributed by atoms with Gasteiger partial charge in [0.15, 0.2) is 0 Å². The number of rotatable bonds is 3. The second-order valence-electron chi connectivity index (χ2n) is 3.88. The van der Waals surface area contributed by atoms with Crippen LogP contribution in [0.1, 0.15) is 11.1 Å². The standard InChI is InChI=1S/C14H14BrNO/c1-10-2-5-12(6-3-10)17-14-7-4-11(9-16)8-13(14)15/h2-8H,9,16H2,1H3. The molecule has 2 aromatic carbocycles. The van der Waals surface area contributed by atoms with Crippen LogP contribution in [0.15, 0.2) is 46.9 Å². The maximum Gasteiger partial charge on any atom is 0.141 e. The van der Waals surface area contributed by atoms with Crippen molar-refractivity contribution in [2.75, 3.05) is 0 Å². The van der Waals surface area contributed by atoms with Crippen LogP contribution in [0.4, 0.5) is 0 Å². The number of halogens is 1. The van der Waals surface area contributed by atoms with Crippen molar-refractivity contribution in [2.24, 2.45) is 5.73 Å². The van der Waals surface area contributed by atoms with Crippen molar-refractivity contribution in [1.29, 1.82) is 0 Å². The van der Waals surface area contributed by atoms with Crippen molar-refractivity contribution in [3.8, 4) is 11.5 Å². The molecule has 0 saturated heterocycles. The Hall–Kier alpha value is -1.32. The van der Waals surface area contributed by atoms with Crippen LogP contribution < -0.4 is 10.5 Å². The predicted octanol–water partition coefficient (Wildman–Crippen LogP) is 4.01. The lowest BCUT2D eigenvalue weighted by atomic mass is 10.2. The highest BCUT2D eigenvalue weighted by Crippen LogP contribution is 2.30. The van der Waals surface area contributed by atoms with Crippen molar-refractivity contribution >= 4 is 15.9 Å². The molecule has 0 fully saturated rings. The summed E-state index contributed by atoms with van der Waals surface area (Å²) in [6.45, 7) is 2.58. The molecule has 0 radical (unpaired) electrons. The van der Waals surface area contributed by atoms with Crippen LogP contribution >= 0.6 is 15.9 Å². The van der Waals surface area contributed by atoms with Crippen molar-refractivity contribution in [1.82, 2.24) is 0 Å². The number of aryl methyl sites for hydroxylation is 1. The number of hydrogen-bond acceptors (Lipinski definition) is 2. The Morgan fingerprint density at radius 1 is 1.12 bits per heavy atom. The van der Waals surface area contributed by atoms with E-state index >= 15 is 0 Å². The summed E-state index contributed by atoms with van der Waals surface area (Å²) in [6.07, 6.45) is 0. The van der Waals surface area contributed by atoms with Gasteiger partial charge in [-0.1, -0.05) is 23.8 Å². The Kier molecular flexibility index (Phi) is 3.82. The molecule has 2 nitrogen and oxygen atoms in total. The summed E-state index contributed by atoms with van der Waals surface area (Å²) < 4.78 is 6.69. The van der Waals surface area contributed by atoms with Crippen molar-refractivity contribution < 1.29 is 4.74 Å². The first-order valence-electron chi connectivity index (χ1n) is 5.42. The second kappa shape index (κ2) is 5.34. The molecule has 0 atom stereocenters. The summed E-state index contributed by atoms with van der Waals surface area (Å²) in [5, 5.41) is 0. The van der Waals surface area contributed by atoms with Gasteiger partial charge in [0.2, 0.25) is 0 Å². The molecule has 3 heteroatoms. The average molecular weight is 292 g/mol. The van der Waals surface area contributed by atoms with Gasteiger partial charge < -0.3 is 10.5 Å². The quantitative estimate of drug-likeness (QED) is 0.927. The molecule has 0 amide bonds. The fraction of sp³-hybridized carbons (Fsp3) is 0.143. The third-order valence-electron chi connectivity index (χ3n) is 2.48. The molecule has 0 aliphatic carbocycles. The van der Waals surface area contributed by atoms with Gasteiger partial charge in [-0.2, -0.15) is 0 Å².